The van der Waals surface area contributed by atoms with E-state index in [0.29, 0.717) is 5.56 Å². The molecule has 0 fully saturated rings. The van der Waals surface area contributed by atoms with Gasteiger partial charge < -0.3 is 4.79 Å². The Hall–Kier alpha value is -1.92. The Balaban J connectivity index is 0. The van der Waals surface area contributed by atoms with Crippen molar-refractivity contribution in [1.82, 2.24) is 0 Å². The summed E-state index contributed by atoms with van der Waals surface area (Å²) in [4.78, 5) is 32.2. The fraction of sp³-hybridized carbons (Fsp3) is 0. The molecule has 6 heteroatoms. The number of aldehydes is 1. The molecule has 2 aromatic rings. The summed E-state index contributed by atoms with van der Waals surface area (Å²) in [6.45, 7) is 5.66. The number of carbonyl (C=O) groups is 2. The molecule has 116 valence electrons. The Morgan fingerprint density at radius 3 is 1.36 bits per heavy atom. The Labute approximate surface area is 145 Å². The maximum absolute atomic E-state index is 10.2. The molecule has 2 aromatic carbocycles. The fourth-order valence-corrected chi connectivity index (χ4v) is 2.04. The van der Waals surface area contributed by atoms with E-state index in [4.69, 9.17) is 14.7 Å². The molecule has 4 nitrogen and oxygen atoms in total. The van der Waals surface area contributed by atoms with Crippen molar-refractivity contribution in [2.24, 2.45) is 0 Å². The fourth-order valence-electron chi connectivity index (χ4n) is 1.21. The first-order valence-electron chi connectivity index (χ1n) is 5.71. The predicted octanol–water partition coefficient (Wildman–Crippen LogP) is 5.24. The second-order valence-electron chi connectivity index (χ2n) is 3.37. The lowest BCUT2D eigenvalue weighted by molar-refractivity contribution is -0.0979. The summed E-state index contributed by atoms with van der Waals surface area (Å²) in [5, 5.41) is 0. The van der Waals surface area contributed by atoms with E-state index in [1.165, 1.54) is 0 Å². The van der Waals surface area contributed by atoms with Crippen LogP contribution in [0.5, 0.6) is 0 Å². The maximum Gasteiger partial charge on any atom is 0.151 e. The number of carbonyl (C=O) groups excluding carboxylic acids is 2. The van der Waals surface area contributed by atoms with Crippen molar-refractivity contribution in [1.29, 1.82) is 0 Å². The molecule has 0 aliphatic carbocycles. The quantitative estimate of drug-likeness (QED) is 0.612. The van der Waals surface area contributed by atoms with E-state index in [1.54, 1.807) is 6.07 Å². The van der Waals surface area contributed by atoms with Crippen LogP contribution in [0.1, 0.15) is 15.9 Å². The molecule has 0 amide bonds. The second-order valence-corrected chi connectivity index (χ2v) is 5.07. The van der Waals surface area contributed by atoms with Crippen molar-refractivity contribution < 1.29 is 9.59 Å². The number of halogens is 2. The number of rotatable bonds is 2. The Morgan fingerprint density at radius 1 is 0.773 bits per heavy atom. The predicted molar refractivity (Wildman–Crippen MR) is 97.6 cm³/mol. The van der Waals surface area contributed by atoms with E-state index in [-0.39, 0.29) is 0 Å². The van der Waals surface area contributed by atoms with Crippen molar-refractivity contribution >= 4 is 51.0 Å². The highest BCUT2D eigenvalue weighted by Gasteiger charge is 1.92. The van der Waals surface area contributed by atoms with Crippen molar-refractivity contribution in [3.63, 3.8) is 0 Å². The summed E-state index contributed by atoms with van der Waals surface area (Å²) in [6.07, 6.45) is 2.65. The standard InChI is InChI=1S/C8H7Br.C7H5BrO.CH2O.O2/c1-2-7-5-3-4-6-8(7)9;8-7-4-2-1-3-6(7)5-9;2*1-2/h2-6H,1H2;1-5H;1H2;. The molecule has 0 heterocycles. The van der Waals surface area contributed by atoms with Gasteiger partial charge in [0, 0.05) is 24.4 Å². The Kier molecular flexibility index (Phi) is 15.7. The van der Waals surface area contributed by atoms with Crippen LogP contribution < -0.4 is 0 Å². The van der Waals surface area contributed by atoms with Crippen molar-refractivity contribution in [2.75, 3.05) is 0 Å². The molecule has 0 aliphatic rings. The lowest BCUT2D eigenvalue weighted by Gasteiger charge is -1.93. The maximum atomic E-state index is 10.2. The highest BCUT2D eigenvalue weighted by Crippen LogP contribution is 2.15. The average Bonchev–Trinajstić information content (AvgIpc) is 2.60. The van der Waals surface area contributed by atoms with Crippen molar-refractivity contribution in [3.8, 4) is 0 Å². The van der Waals surface area contributed by atoms with Crippen molar-refractivity contribution in [2.45, 2.75) is 0 Å². The van der Waals surface area contributed by atoms with Gasteiger partial charge in [-0.05, 0) is 17.7 Å². The van der Waals surface area contributed by atoms with Gasteiger partial charge in [-0.15, -0.1) is 0 Å². The zero-order valence-corrected chi connectivity index (χ0v) is 14.7. The van der Waals surface area contributed by atoms with E-state index >= 15 is 0 Å². The molecule has 0 atom stereocenters. The van der Waals surface area contributed by atoms with Gasteiger partial charge in [-0.1, -0.05) is 80.9 Å². The van der Waals surface area contributed by atoms with Gasteiger partial charge in [-0.2, -0.15) is 0 Å². The molecule has 2 rings (SSSR count). The largest absolute Gasteiger partial charge is 0.307 e. The normalized spacial score (nSPS) is 7.73. The van der Waals surface area contributed by atoms with Crippen molar-refractivity contribution in [3.05, 3.63) is 85.1 Å². The summed E-state index contributed by atoms with van der Waals surface area (Å²) < 4.78 is 1.94. The highest BCUT2D eigenvalue weighted by atomic mass is 79.9. The Bertz CT molecular complexity index is 522. The summed E-state index contributed by atoms with van der Waals surface area (Å²) in [6, 6.07) is 15.3. The molecule has 0 radical (unpaired) electrons. The van der Waals surface area contributed by atoms with Crippen LogP contribution in [0.15, 0.2) is 64.1 Å². The first-order valence-corrected chi connectivity index (χ1v) is 7.30. The van der Waals surface area contributed by atoms with Gasteiger partial charge >= 0.3 is 0 Å². The van der Waals surface area contributed by atoms with Gasteiger partial charge in [-0.3, -0.25) is 4.79 Å². The van der Waals surface area contributed by atoms with Gasteiger partial charge in [-0.25, -0.2) is 0 Å². The van der Waals surface area contributed by atoms with Crippen LogP contribution in [-0.2, 0) is 4.79 Å². The monoisotopic (exact) mass is 428 g/mol. The van der Waals surface area contributed by atoms with Gasteiger partial charge in [0.25, 0.3) is 0 Å². The molecular weight excluding hydrogens is 416 g/mol. The van der Waals surface area contributed by atoms with Crippen LogP contribution >= 0.6 is 31.9 Å². The number of hydrogen-bond donors (Lipinski definition) is 0. The molecule has 0 N–H and O–H groups in total. The molecule has 22 heavy (non-hydrogen) atoms. The Morgan fingerprint density at radius 2 is 1.14 bits per heavy atom. The second kappa shape index (κ2) is 15.5. The smallest absolute Gasteiger partial charge is 0.151 e. The number of hydrogen-bond acceptors (Lipinski definition) is 4. The van der Waals surface area contributed by atoms with Gasteiger partial charge in [0.1, 0.15) is 6.79 Å². The van der Waals surface area contributed by atoms with E-state index in [9.17, 15) is 4.79 Å². The van der Waals surface area contributed by atoms with E-state index < -0.39 is 0 Å². The lowest BCUT2D eigenvalue weighted by atomic mass is 10.2. The zero-order valence-electron chi connectivity index (χ0n) is 11.6. The lowest BCUT2D eigenvalue weighted by Crippen LogP contribution is -1.78. The van der Waals surface area contributed by atoms with Gasteiger partial charge in [0.15, 0.2) is 6.29 Å². The third-order valence-electron chi connectivity index (χ3n) is 2.16. The summed E-state index contributed by atoms with van der Waals surface area (Å²) >= 11 is 6.61. The van der Waals surface area contributed by atoms with E-state index in [0.717, 1.165) is 20.8 Å². The molecule has 0 aromatic heterocycles. The highest BCUT2D eigenvalue weighted by molar-refractivity contribution is 9.10. The average molecular weight is 430 g/mol. The van der Waals surface area contributed by atoms with Crippen LogP contribution in [0.2, 0.25) is 0 Å². The van der Waals surface area contributed by atoms with Gasteiger partial charge in [0.05, 0.1) is 0 Å². The molecular formula is C16H14Br2O4. The third-order valence-corrected chi connectivity index (χ3v) is 3.60. The van der Waals surface area contributed by atoms with Crippen LogP contribution in [-0.4, -0.2) is 13.1 Å². The van der Waals surface area contributed by atoms with Crippen LogP contribution in [0.25, 0.3) is 6.08 Å². The van der Waals surface area contributed by atoms with E-state index in [1.807, 2.05) is 55.3 Å². The minimum Gasteiger partial charge on any atom is -0.307 e. The van der Waals surface area contributed by atoms with Crippen LogP contribution in [0.3, 0.4) is 0 Å². The van der Waals surface area contributed by atoms with Crippen LogP contribution in [0.4, 0.5) is 0 Å². The molecule has 0 saturated heterocycles. The third kappa shape index (κ3) is 9.10. The molecule has 0 bridgehead atoms. The van der Waals surface area contributed by atoms with Crippen LogP contribution in [0, 0.1) is 9.93 Å². The SMILES string of the molecule is C=Cc1ccccc1Br.C=O.O=Cc1ccccc1Br.O=O. The molecule has 0 unspecified atom stereocenters. The summed E-state index contributed by atoms with van der Waals surface area (Å²) in [5.41, 5.74) is 1.83. The molecule has 0 spiro atoms. The number of benzene rings is 2. The topological polar surface area (TPSA) is 68.3 Å². The van der Waals surface area contributed by atoms with Gasteiger partial charge in [0.2, 0.25) is 0 Å². The first-order chi connectivity index (χ1) is 10.7. The minimum absolute atomic E-state index is 0.692. The molecule has 0 aliphatic heterocycles. The minimum atomic E-state index is 0.692. The summed E-state index contributed by atoms with van der Waals surface area (Å²) in [5.74, 6) is 0. The zero-order chi connectivity index (χ0) is 17.4. The van der Waals surface area contributed by atoms with E-state index in [2.05, 4.69) is 38.4 Å². The molecule has 0 saturated carbocycles. The first kappa shape index (κ1) is 22.4. The summed E-state index contributed by atoms with van der Waals surface area (Å²) in [7, 11) is 0.